The first kappa shape index (κ1) is 12.1. The first-order chi connectivity index (χ1) is 15.3. The zero-order chi connectivity index (χ0) is 23.0. The van der Waals surface area contributed by atoms with E-state index in [0.717, 1.165) is 22.5 Å². The standard InChI is InChI=1S/C25H20FN/c1-27(24-14-10-20(11-15-24)19-6-3-2-4-7-19)25-16-12-21(13-17-25)22-8-5-9-23(26)18-22/h2-18H,1H3/i2D,3D,4D,6D,7D. The molecule has 0 spiro atoms. The number of anilines is 2. The summed E-state index contributed by atoms with van der Waals surface area (Å²) in [5.41, 5.74) is 4.27. The van der Waals surface area contributed by atoms with E-state index in [1.54, 1.807) is 18.2 Å². The van der Waals surface area contributed by atoms with Crippen LogP contribution in [0.25, 0.3) is 22.3 Å². The van der Waals surface area contributed by atoms with Crippen molar-refractivity contribution >= 4 is 11.4 Å². The van der Waals surface area contributed by atoms with Gasteiger partial charge in [0.1, 0.15) is 5.82 Å². The van der Waals surface area contributed by atoms with Crippen LogP contribution in [-0.2, 0) is 0 Å². The van der Waals surface area contributed by atoms with Crippen LogP contribution in [0.3, 0.4) is 0 Å². The molecule has 27 heavy (non-hydrogen) atoms. The third kappa shape index (κ3) is 3.75. The Morgan fingerprint density at radius 3 is 1.78 bits per heavy atom. The minimum absolute atomic E-state index is 0.185. The van der Waals surface area contributed by atoms with Crippen molar-refractivity contribution in [3.8, 4) is 22.3 Å². The van der Waals surface area contributed by atoms with E-state index in [-0.39, 0.29) is 35.6 Å². The van der Waals surface area contributed by atoms with Gasteiger partial charge in [0.15, 0.2) is 0 Å². The van der Waals surface area contributed by atoms with Crippen LogP contribution in [-0.4, -0.2) is 7.05 Å². The molecular formula is C25H20FN. The van der Waals surface area contributed by atoms with Gasteiger partial charge in [-0.3, -0.25) is 0 Å². The van der Waals surface area contributed by atoms with Crippen molar-refractivity contribution in [2.24, 2.45) is 0 Å². The van der Waals surface area contributed by atoms with Crippen LogP contribution in [0.4, 0.5) is 15.8 Å². The fraction of sp³-hybridized carbons (Fsp3) is 0.0400. The maximum Gasteiger partial charge on any atom is 0.123 e. The molecule has 0 heterocycles. The monoisotopic (exact) mass is 358 g/mol. The van der Waals surface area contributed by atoms with Gasteiger partial charge in [0.05, 0.1) is 6.85 Å². The molecule has 1 nitrogen and oxygen atoms in total. The summed E-state index contributed by atoms with van der Waals surface area (Å²) in [4.78, 5) is 1.97. The highest BCUT2D eigenvalue weighted by molar-refractivity contribution is 5.72. The van der Waals surface area contributed by atoms with Crippen molar-refractivity contribution in [2.75, 3.05) is 11.9 Å². The molecule has 0 aliphatic carbocycles. The van der Waals surface area contributed by atoms with E-state index in [1.807, 2.05) is 54.4 Å². The largest absolute Gasteiger partial charge is 0.345 e. The van der Waals surface area contributed by atoms with E-state index in [0.29, 0.717) is 5.56 Å². The van der Waals surface area contributed by atoms with E-state index in [2.05, 4.69) is 0 Å². The predicted molar refractivity (Wildman–Crippen MR) is 112 cm³/mol. The number of hydrogen-bond donors (Lipinski definition) is 0. The molecule has 0 saturated carbocycles. The molecule has 4 aromatic carbocycles. The van der Waals surface area contributed by atoms with E-state index >= 15 is 0 Å². The van der Waals surface area contributed by atoms with Crippen LogP contribution in [0.15, 0.2) is 103 Å². The number of rotatable bonds is 4. The maximum absolute atomic E-state index is 13.5. The highest BCUT2D eigenvalue weighted by atomic mass is 19.1. The Labute approximate surface area is 166 Å². The van der Waals surface area contributed by atoms with Gasteiger partial charge in [-0.05, 0) is 58.7 Å². The minimum atomic E-state index is -0.401. The van der Waals surface area contributed by atoms with Gasteiger partial charge < -0.3 is 4.90 Å². The lowest BCUT2D eigenvalue weighted by Crippen LogP contribution is -2.08. The van der Waals surface area contributed by atoms with Crippen LogP contribution in [0.2, 0.25) is 0 Å². The van der Waals surface area contributed by atoms with Crippen LogP contribution >= 0.6 is 0 Å². The van der Waals surface area contributed by atoms with Gasteiger partial charge in [-0.25, -0.2) is 4.39 Å². The molecule has 0 radical (unpaired) electrons. The van der Waals surface area contributed by atoms with Crippen molar-refractivity contribution in [1.82, 2.24) is 0 Å². The Hall–Kier alpha value is -3.39. The molecular weight excluding hydrogens is 333 g/mol. The van der Waals surface area contributed by atoms with Crippen molar-refractivity contribution in [2.45, 2.75) is 0 Å². The summed E-state index contributed by atoms with van der Waals surface area (Å²) in [6.45, 7) is 0. The average molecular weight is 358 g/mol. The van der Waals surface area contributed by atoms with E-state index in [1.165, 1.54) is 12.1 Å². The third-order valence-electron chi connectivity index (χ3n) is 4.46. The Balaban J connectivity index is 1.61. The fourth-order valence-electron chi connectivity index (χ4n) is 2.94. The number of benzene rings is 4. The van der Waals surface area contributed by atoms with Crippen LogP contribution in [0.5, 0.6) is 0 Å². The fourth-order valence-corrected chi connectivity index (χ4v) is 2.94. The lowest BCUT2D eigenvalue weighted by atomic mass is 10.0. The van der Waals surface area contributed by atoms with E-state index in [9.17, 15) is 4.39 Å². The quantitative estimate of drug-likeness (QED) is 0.382. The van der Waals surface area contributed by atoms with Gasteiger partial charge >= 0.3 is 0 Å². The zero-order valence-electron chi connectivity index (χ0n) is 19.8. The molecule has 0 atom stereocenters. The predicted octanol–water partition coefficient (Wildman–Crippen LogP) is 6.93. The summed E-state index contributed by atoms with van der Waals surface area (Å²) in [5, 5.41) is 0. The molecule has 0 aromatic heterocycles. The van der Waals surface area contributed by atoms with Gasteiger partial charge in [0.25, 0.3) is 0 Å². The third-order valence-corrected chi connectivity index (χ3v) is 4.46. The van der Waals surface area contributed by atoms with Crippen molar-refractivity contribution < 1.29 is 11.2 Å². The molecule has 0 aliphatic rings. The molecule has 0 N–H and O–H groups in total. The SMILES string of the molecule is [2H]c1c([2H])c([2H])c(-c2ccc(N(C)c3ccc(-c4cccc(F)c4)cc3)cc2)c([2H])c1[2H]. The molecule has 0 bridgehead atoms. The molecule has 4 rings (SSSR count). The second kappa shape index (κ2) is 7.46. The highest BCUT2D eigenvalue weighted by Gasteiger charge is 2.06. The lowest BCUT2D eigenvalue weighted by molar-refractivity contribution is 0.628. The minimum Gasteiger partial charge on any atom is -0.345 e. The Morgan fingerprint density at radius 2 is 1.22 bits per heavy atom. The second-order valence-corrected chi connectivity index (χ2v) is 6.16. The summed E-state index contributed by atoms with van der Waals surface area (Å²) in [7, 11) is 1.91. The summed E-state index contributed by atoms with van der Waals surface area (Å²) in [6, 6.07) is 19.9. The van der Waals surface area contributed by atoms with Gasteiger partial charge in [-0.15, -0.1) is 0 Å². The van der Waals surface area contributed by atoms with E-state index in [4.69, 9.17) is 6.85 Å². The highest BCUT2D eigenvalue weighted by Crippen LogP contribution is 2.29. The van der Waals surface area contributed by atoms with Gasteiger partial charge in [0.2, 0.25) is 0 Å². The first-order valence-corrected chi connectivity index (χ1v) is 8.55. The van der Waals surface area contributed by atoms with Gasteiger partial charge in [0, 0.05) is 18.4 Å². The number of halogens is 1. The summed E-state index contributed by atoms with van der Waals surface area (Å²) in [5.74, 6) is -0.275. The topological polar surface area (TPSA) is 3.24 Å². The zero-order valence-corrected chi connectivity index (χ0v) is 14.8. The van der Waals surface area contributed by atoms with Crippen LogP contribution in [0.1, 0.15) is 6.85 Å². The molecule has 2 heteroatoms. The van der Waals surface area contributed by atoms with Crippen LogP contribution < -0.4 is 4.90 Å². The van der Waals surface area contributed by atoms with E-state index < -0.39 is 6.04 Å². The molecule has 0 amide bonds. The number of hydrogen-bond acceptors (Lipinski definition) is 1. The van der Waals surface area contributed by atoms with Crippen LogP contribution in [0, 0.1) is 5.82 Å². The molecule has 0 fully saturated rings. The Kier molecular flexibility index (Phi) is 3.34. The summed E-state index contributed by atoms with van der Waals surface area (Å²) in [6.07, 6.45) is 0. The first-order valence-electron chi connectivity index (χ1n) is 11.0. The molecule has 0 unspecified atom stereocenters. The average Bonchev–Trinajstić information content (AvgIpc) is 2.82. The van der Waals surface area contributed by atoms with Gasteiger partial charge in [-0.2, -0.15) is 0 Å². The molecule has 132 valence electrons. The summed E-state index contributed by atoms with van der Waals surface area (Å²) < 4.78 is 53.2. The van der Waals surface area contributed by atoms with Crippen molar-refractivity contribution in [1.29, 1.82) is 0 Å². The second-order valence-electron chi connectivity index (χ2n) is 6.16. The Bertz CT molecular complexity index is 1260. The van der Waals surface area contributed by atoms with Crippen molar-refractivity contribution in [3.63, 3.8) is 0 Å². The maximum atomic E-state index is 13.5. The van der Waals surface area contributed by atoms with Gasteiger partial charge in [-0.1, -0.05) is 66.6 Å². The summed E-state index contributed by atoms with van der Waals surface area (Å²) >= 11 is 0. The normalized spacial score (nSPS) is 13.2. The molecule has 4 aromatic rings. The molecule has 0 aliphatic heterocycles. The van der Waals surface area contributed by atoms with Crippen molar-refractivity contribution in [3.05, 3.63) is 109 Å². The lowest BCUT2D eigenvalue weighted by Gasteiger charge is -2.20. The molecule has 0 saturated heterocycles. The number of nitrogens with zero attached hydrogens (tertiary/aromatic N) is 1. The smallest absolute Gasteiger partial charge is 0.123 e. The Morgan fingerprint density at radius 1 is 0.667 bits per heavy atom.